The Balaban J connectivity index is 2.69. The van der Waals surface area contributed by atoms with E-state index in [-0.39, 0.29) is 5.57 Å². The lowest BCUT2D eigenvalue weighted by atomic mass is 10.3. The van der Waals surface area contributed by atoms with Crippen LogP contribution in [0.25, 0.3) is 0 Å². The van der Waals surface area contributed by atoms with Crippen LogP contribution < -0.4 is 0 Å². The number of carboxylic acids is 1. The highest BCUT2D eigenvalue weighted by molar-refractivity contribution is 8.02. The Kier molecular flexibility index (Phi) is 1.89. The van der Waals surface area contributed by atoms with Gasteiger partial charge in [0.05, 0.1) is 11.4 Å². The lowest BCUT2D eigenvalue weighted by Gasteiger charge is -1.98. The zero-order valence-corrected chi connectivity index (χ0v) is 5.39. The molecule has 9 heavy (non-hydrogen) atoms. The highest BCUT2D eigenvalue weighted by Crippen LogP contribution is 2.10. The van der Waals surface area contributed by atoms with Crippen LogP contribution in [-0.2, 0) is 4.79 Å². The third-order valence-electron chi connectivity index (χ3n) is 0.837. The smallest absolute Gasteiger partial charge is 0.337 e. The maximum absolute atomic E-state index is 10.2. The third kappa shape index (κ3) is 1.57. The number of aliphatic imine (C=N–C) groups is 1. The first kappa shape index (κ1) is 6.35. The molecule has 48 valence electrons. The first-order valence-corrected chi connectivity index (χ1v) is 3.40. The number of nitrogens with zero attached hydrogens (tertiary/aromatic N) is 1. The molecule has 1 N–H and O–H groups in total. The quantitative estimate of drug-likeness (QED) is 0.588. The van der Waals surface area contributed by atoms with Gasteiger partial charge in [-0.25, -0.2) is 4.79 Å². The Morgan fingerprint density at radius 3 is 3.00 bits per heavy atom. The van der Waals surface area contributed by atoms with Crippen LogP contribution in [0.3, 0.4) is 0 Å². The van der Waals surface area contributed by atoms with Crippen LogP contribution in [0.15, 0.2) is 16.0 Å². The van der Waals surface area contributed by atoms with Crippen LogP contribution in [0.4, 0.5) is 0 Å². The molecule has 0 amide bonds. The summed E-state index contributed by atoms with van der Waals surface area (Å²) in [5, 5.41) is 9.96. The van der Waals surface area contributed by atoms with Gasteiger partial charge >= 0.3 is 5.97 Å². The molecule has 0 saturated carbocycles. The molecule has 0 fully saturated rings. The molecule has 1 rings (SSSR count). The number of carbonyl (C=O) groups is 1. The van der Waals surface area contributed by atoms with Gasteiger partial charge in [-0.05, 0) is 5.41 Å². The summed E-state index contributed by atoms with van der Waals surface area (Å²) in [6.45, 7) is 0. The molecule has 0 spiro atoms. The molecule has 0 radical (unpaired) electrons. The molecule has 1 aliphatic rings. The van der Waals surface area contributed by atoms with Gasteiger partial charge in [-0.3, -0.25) is 4.99 Å². The molecule has 4 heteroatoms. The van der Waals surface area contributed by atoms with Crippen molar-refractivity contribution < 1.29 is 9.90 Å². The van der Waals surface area contributed by atoms with Crippen molar-refractivity contribution in [2.45, 2.75) is 0 Å². The van der Waals surface area contributed by atoms with Crippen LogP contribution >= 0.6 is 11.8 Å². The second-order valence-electron chi connectivity index (χ2n) is 1.49. The Labute approximate surface area is 56.5 Å². The van der Waals surface area contributed by atoms with Crippen molar-refractivity contribution in [2.24, 2.45) is 4.99 Å². The lowest BCUT2D eigenvalue weighted by Crippen LogP contribution is -2.03. The fraction of sp³-hybridized carbons (Fsp3) is 0.200. The van der Waals surface area contributed by atoms with E-state index in [1.807, 2.05) is 0 Å². The highest BCUT2D eigenvalue weighted by Gasteiger charge is 2.05. The van der Waals surface area contributed by atoms with Crippen molar-refractivity contribution >= 4 is 23.9 Å². The van der Waals surface area contributed by atoms with E-state index >= 15 is 0 Å². The van der Waals surface area contributed by atoms with Crippen LogP contribution in [0, 0.1) is 0 Å². The summed E-state index contributed by atoms with van der Waals surface area (Å²) >= 11 is 1.39. The van der Waals surface area contributed by atoms with E-state index < -0.39 is 5.97 Å². The molecule has 0 bridgehead atoms. The van der Waals surface area contributed by atoms with Gasteiger partial charge < -0.3 is 5.11 Å². The summed E-state index contributed by atoms with van der Waals surface area (Å²) in [4.78, 5) is 14.0. The minimum absolute atomic E-state index is 0.270. The van der Waals surface area contributed by atoms with Crippen molar-refractivity contribution in [1.29, 1.82) is 0 Å². The number of hydrogen-bond donors (Lipinski definition) is 1. The summed E-state index contributed by atoms with van der Waals surface area (Å²) in [6, 6.07) is 0. The number of rotatable bonds is 1. The summed E-state index contributed by atoms with van der Waals surface area (Å²) in [6.07, 6.45) is 1.37. The van der Waals surface area contributed by atoms with Crippen LogP contribution in [0.2, 0.25) is 0 Å². The standard InChI is InChI=1S/C5H5NO2S/c7-5(8)4-1-6-3-9-2-4/h1-2H,3H2,(H,7,8). The zero-order valence-electron chi connectivity index (χ0n) is 4.57. The fourth-order valence-corrected chi connectivity index (χ4v) is 1.02. The first-order chi connectivity index (χ1) is 4.30. The summed E-state index contributed by atoms with van der Waals surface area (Å²) in [7, 11) is 0. The van der Waals surface area contributed by atoms with E-state index in [0.29, 0.717) is 5.88 Å². The SMILES string of the molecule is O=C(O)C1=CSCN=C1. The lowest BCUT2D eigenvalue weighted by molar-refractivity contribution is -0.131. The molecule has 0 atom stereocenters. The van der Waals surface area contributed by atoms with Crippen molar-refractivity contribution in [1.82, 2.24) is 0 Å². The number of aliphatic carboxylic acids is 1. The third-order valence-corrected chi connectivity index (χ3v) is 1.56. The average Bonchev–Trinajstić information content (AvgIpc) is 1.90. The predicted octanol–water partition coefficient (Wildman–Crippen LogP) is 0.730. The van der Waals surface area contributed by atoms with Gasteiger partial charge in [-0.15, -0.1) is 11.8 Å². The number of thioether (sulfide) groups is 1. The highest BCUT2D eigenvalue weighted by atomic mass is 32.2. The monoisotopic (exact) mass is 143 g/mol. The van der Waals surface area contributed by atoms with Gasteiger partial charge in [-0.1, -0.05) is 0 Å². The topological polar surface area (TPSA) is 49.7 Å². The Hall–Kier alpha value is -0.770. The largest absolute Gasteiger partial charge is 0.478 e. The molecular weight excluding hydrogens is 138 g/mol. The molecule has 1 heterocycles. The van der Waals surface area contributed by atoms with Gasteiger partial charge in [0.15, 0.2) is 0 Å². The van der Waals surface area contributed by atoms with Crippen LogP contribution in [0.5, 0.6) is 0 Å². The first-order valence-electron chi connectivity index (χ1n) is 2.35. The Morgan fingerprint density at radius 2 is 2.67 bits per heavy atom. The van der Waals surface area contributed by atoms with E-state index in [9.17, 15) is 4.79 Å². The van der Waals surface area contributed by atoms with Crippen molar-refractivity contribution in [2.75, 3.05) is 5.88 Å². The normalized spacial score (nSPS) is 17.1. The molecule has 3 nitrogen and oxygen atoms in total. The fourth-order valence-electron chi connectivity index (χ4n) is 0.442. The maximum atomic E-state index is 10.2. The molecule has 0 aromatic rings. The second-order valence-corrected chi connectivity index (χ2v) is 2.31. The maximum Gasteiger partial charge on any atom is 0.337 e. The van der Waals surface area contributed by atoms with E-state index in [4.69, 9.17) is 5.11 Å². The molecule has 0 aromatic heterocycles. The number of carboxylic acid groups (broad SMARTS) is 1. The van der Waals surface area contributed by atoms with Crippen molar-refractivity contribution in [3.8, 4) is 0 Å². The van der Waals surface area contributed by atoms with Crippen molar-refractivity contribution in [3.63, 3.8) is 0 Å². The van der Waals surface area contributed by atoms with E-state index in [0.717, 1.165) is 0 Å². The van der Waals surface area contributed by atoms with Gasteiger partial charge in [0.2, 0.25) is 0 Å². The minimum atomic E-state index is -0.911. The van der Waals surface area contributed by atoms with Gasteiger partial charge in [0, 0.05) is 6.21 Å². The van der Waals surface area contributed by atoms with E-state index in [1.165, 1.54) is 18.0 Å². The van der Waals surface area contributed by atoms with Crippen molar-refractivity contribution in [3.05, 3.63) is 11.0 Å². The van der Waals surface area contributed by atoms with Gasteiger partial charge in [0.25, 0.3) is 0 Å². The van der Waals surface area contributed by atoms with E-state index in [2.05, 4.69) is 4.99 Å². The molecule has 0 aliphatic carbocycles. The van der Waals surface area contributed by atoms with Crippen LogP contribution in [-0.4, -0.2) is 23.2 Å². The summed E-state index contributed by atoms with van der Waals surface area (Å²) < 4.78 is 0. The summed E-state index contributed by atoms with van der Waals surface area (Å²) in [5.41, 5.74) is 0.270. The molecule has 0 aromatic carbocycles. The molecule has 1 aliphatic heterocycles. The second kappa shape index (κ2) is 2.68. The van der Waals surface area contributed by atoms with Gasteiger partial charge in [-0.2, -0.15) is 0 Å². The average molecular weight is 143 g/mol. The van der Waals surface area contributed by atoms with E-state index in [1.54, 1.807) is 5.41 Å². The zero-order chi connectivity index (χ0) is 6.69. The predicted molar refractivity (Wildman–Crippen MR) is 36.7 cm³/mol. The molecular formula is C5H5NO2S. The summed E-state index contributed by atoms with van der Waals surface area (Å²) in [5.74, 6) is -0.275. The Bertz CT molecular complexity index is 185. The molecule has 0 saturated heterocycles. The van der Waals surface area contributed by atoms with Gasteiger partial charge in [0.1, 0.15) is 0 Å². The Morgan fingerprint density at radius 1 is 1.89 bits per heavy atom. The number of hydrogen-bond acceptors (Lipinski definition) is 3. The van der Waals surface area contributed by atoms with Crippen LogP contribution in [0.1, 0.15) is 0 Å². The minimum Gasteiger partial charge on any atom is -0.478 e. The molecule has 0 unspecified atom stereocenters.